The van der Waals surface area contributed by atoms with Crippen molar-refractivity contribution in [2.45, 2.75) is 44.1 Å². The molecule has 0 aromatic rings. The maximum Gasteiger partial charge on any atom is 0.291 e. The quantitative estimate of drug-likeness (QED) is 0.309. The van der Waals surface area contributed by atoms with Crippen molar-refractivity contribution in [3.8, 4) is 0 Å². The van der Waals surface area contributed by atoms with E-state index in [1.165, 1.54) is 50.6 Å². The largest absolute Gasteiger partial charge is 0.391 e. The second-order valence-electron chi connectivity index (χ2n) is 6.39. The molecule has 0 unspecified atom stereocenters. The standard InChI is InChI=1S/C13H23N3OS/c14-12(15)17-18-2-1-16-13-6-9-3-10(7-13)5-11(4-9)8-13/h9-11,16H,1-8H2,(H3,14,15). The van der Waals surface area contributed by atoms with E-state index >= 15 is 0 Å². The third kappa shape index (κ3) is 2.62. The highest BCUT2D eigenvalue weighted by atomic mass is 32.2. The van der Waals surface area contributed by atoms with Gasteiger partial charge in [-0.1, -0.05) is 0 Å². The highest BCUT2D eigenvalue weighted by Crippen LogP contribution is 2.55. The number of amidine groups is 1. The van der Waals surface area contributed by atoms with Crippen LogP contribution < -0.4 is 11.1 Å². The zero-order chi connectivity index (χ0) is 12.6. The van der Waals surface area contributed by atoms with Gasteiger partial charge in [-0.15, -0.1) is 0 Å². The van der Waals surface area contributed by atoms with Crippen molar-refractivity contribution in [2.24, 2.45) is 23.5 Å². The van der Waals surface area contributed by atoms with Crippen molar-refractivity contribution in [1.82, 2.24) is 5.32 Å². The monoisotopic (exact) mass is 269 g/mol. The molecule has 0 heterocycles. The molecule has 0 aliphatic heterocycles. The van der Waals surface area contributed by atoms with Gasteiger partial charge in [0.25, 0.3) is 6.02 Å². The number of hydrogen-bond donors (Lipinski definition) is 3. The first kappa shape index (κ1) is 12.6. The topological polar surface area (TPSA) is 71.1 Å². The Balaban J connectivity index is 1.46. The molecular weight excluding hydrogens is 246 g/mol. The average molecular weight is 269 g/mol. The summed E-state index contributed by atoms with van der Waals surface area (Å²) in [5.41, 5.74) is 5.58. The summed E-state index contributed by atoms with van der Waals surface area (Å²) in [6.45, 7) is 0.962. The Hall–Kier alpha value is -0.420. The maximum absolute atomic E-state index is 6.98. The Morgan fingerprint density at radius 3 is 2.28 bits per heavy atom. The summed E-state index contributed by atoms with van der Waals surface area (Å²) in [6, 6.07) is -0.199. The molecule has 5 heteroatoms. The van der Waals surface area contributed by atoms with Gasteiger partial charge < -0.3 is 15.2 Å². The molecular formula is C13H23N3OS. The van der Waals surface area contributed by atoms with Crippen LogP contribution in [0, 0.1) is 23.2 Å². The molecule has 0 spiro atoms. The SMILES string of the molecule is N=C(N)OSCCNC12CC3CC(CC(C3)C1)C2. The van der Waals surface area contributed by atoms with Crippen LogP contribution in [0.5, 0.6) is 0 Å². The molecule has 4 fully saturated rings. The zero-order valence-corrected chi connectivity index (χ0v) is 11.6. The van der Waals surface area contributed by atoms with Crippen LogP contribution in [-0.2, 0) is 4.18 Å². The highest BCUT2D eigenvalue weighted by Gasteiger charge is 2.50. The molecule has 4 rings (SSSR count). The lowest BCUT2D eigenvalue weighted by Gasteiger charge is -2.57. The molecule has 4 aliphatic rings. The van der Waals surface area contributed by atoms with Crippen molar-refractivity contribution in [2.75, 3.05) is 12.3 Å². The van der Waals surface area contributed by atoms with Crippen LogP contribution in [-0.4, -0.2) is 23.9 Å². The molecule has 0 aromatic carbocycles. The van der Waals surface area contributed by atoms with E-state index in [9.17, 15) is 0 Å². The molecule has 0 amide bonds. The Morgan fingerprint density at radius 2 is 1.78 bits per heavy atom. The normalized spacial score (nSPS) is 41.0. The van der Waals surface area contributed by atoms with E-state index in [1.54, 1.807) is 0 Å². The van der Waals surface area contributed by atoms with Crippen LogP contribution in [0.2, 0.25) is 0 Å². The minimum Gasteiger partial charge on any atom is -0.391 e. The molecule has 102 valence electrons. The second kappa shape index (κ2) is 4.93. The summed E-state index contributed by atoms with van der Waals surface area (Å²) in [7, 11) is 0. The lowest BCUT2D eigenvalue weighted by atomic mass is 9.53. The molecule has 0 radical (unpaired) electrons. The zero-order valence-electron chi connectivity index (χ0n) is 10.8. The summed E-state index contributed by atoms with van der Waals surface area (Å²) < 4.78 is 4.90. The van der Waals surface area contributed by atoms with Crippen molar-refractivity contribution < 1.29 is 4.18 Å². The van der Waals surface area contributed by atoms with E-state index in [1.807, 2.05) is 0 Å². The molecule has 4 saturated carbocycles. The van der Waals surface area contributed by atoms with Crippen LogP contribution >= 0.6 is 12.0 Å². The summed E-state index contributed by atoms with van der Waals surface area (Å²) in [5.74, 6) is 3.83. The van der Waals surface area contributed by atoms with Crippen molar-refractivity contribution in [1.29, 1.82) is 5.41 Å². The summed E-state index contributed by atoms with van der Waals surface area (Å²) in [6.07, 6.45) is 8.63. The predicted octanol–water partition coefficient (Wildman–Crippen LogP) is 2.10. The lowest BCUT2D eigenvalue weighted by Crippen LogP contribution is -2.58. The van der Waals surface area contributed by atoms with E-state index in [-0.39, 0.29) is 6.02 Å². The molecule has 4 aliphatic carbocycles. The number of nitrogens with one attached hydrogen (secondary N) is 2. The van der Waals surface area contributed by atoms with E-state index < -0.39 is 0 Å². The van der Waals surface area contributed by atoms with Crippen LogP contribution in [0.25, 0.3) is 0 Å². The number of nitrogens with two attached hydrogens (primary N) is 1. The van der Waals surface area contributed by atoms with Gasteiger partial charge in [-0.25, -0.2) is 0 Å². The van der Waals surface area contributed by atoms with E-state index in [4.69, 9.17) is 15.3 Å². The molecule has 18 heavy (non-hydrogen) atoms. The van der Waals surface area contributed by atoms with Crippen molar-refractivity contribution >= 4 is 18.1 Å². The first-order chi connectivity index (χ1) is 8.65. The van der Waals surface area contributed by atoms with Crippen LogP contribution in [0.1, 0.15) is 38.5 Å². The number of rotatable bonds is 5. The summed E-state index contributed by atoms with van der Waals surface area (Å²) in [5, 5.41) is 10.8. The van der Waals surface area contributed by atoms with Gasteiger partial charge in [0.15, 0.2) is 0 Å². The van der Waals surface area contributed by atoms with Gasteiger partial charge in [0.05, 0.1) is 12.0 Å². The van der Waals surface area contributed by atoms with Crippen molar-refractivity contribution in [3.05, 3.63) is 0 Å². The van der Waals surface area contributed by atoms with E-state index in [2.05, 4.69) is 5.32 Å². The van der Waals surface area contributed by atoms with Gasteiger partial charge in [0, 0.05) is 17.8 Å². The molecule has 0 atom stereocenters. The predicted molar refractivity (Wildman–Crippen MR) is 74.4 cm³/mol. The van der Waals surface area contributed by atoms with E-state index in [0.29, 0.717) is 5.54 Å². The third-order valence-corrected chi connectivity index (χ3v) is 5.54. The fourth-order valence-corrected chi connectivity index (χ4v) is 5.19. The fourth-order valence-electron chi connectivity index (χ4n) is 4.79. The Bertz CT molecular complexity index is 299. The van der Waals surface area contributed by atoms with Gasteiger partial charge in [0.2, 0.25) is 0 Å². The molecule has 4 N–H and O–H groups in total. The number of hydrogen-bond acceptors (Lipinski definition) is 4. The van der Waals surface area contributed by atoms with Crippen molar-refractivity contribution in [3.63, 3.8) is 0 Å². The first-order valence-corrected chi connectivity index (χ1v) is 7.95. The molecule has 4 bridgehead atoms. The minimum absolute atomic E-state index is 0.199. The fraction of sp³-hybridized carbons (Fsp3) is 0.923. The Labute approximate surface area is 113 Å². The maximum atomic E-state index is 6.98. The third-order valence-electron chi connectivity index (χ3n) is 4.87. The van der Waals surface area contributed by atoms with Crippen LogP contribution in [0.3, 0.4) is 0 Å². The summed E-state index contributed by atoms with van der Waals surface area (Å²) in [4.78, 5) is 0. The molecule has 0 aromatic heterocycles. The molecule has 4 nitrogen and oxygen atoms in total. The smallest absolute Gasteiger partial charge is 0.291 e. The molecule has 0 saturated heterocycles. The van der Waals surface area contributed by atoms with Crippen LogP contribution in [0.4, 0.5) is 0 Å². The van der Waals surface area contributed by atoms with Gasteiger partial charge in [-0.05, 0) is 56.3 Å². The average Bonchev–Trinajstić information content (AvgIpc) is 2.25. The minimum atomic E-state index is -0.199. The van der Waals surface area contributed by atoms with Gasteiger partial charge in [-0.3, -0.25) is 5.41 Å². The lowest BCUT2D eigenvalue weighted by molar-refractivity contribution is -0.0185. The highest BCUT2D eigenvalue weighted by molar-refractivity contribution is 7.95. The van der Waals surface area contributed by atoms with Gasteiger partial charge in [0.1, 0.15) is 0 Å². The second-order valence-corrected chi connectivity index (χ2v) is 7.20. The Morgan fingerprint density at radius 1 is 1.22 bits per heavy atom. The first-order valence-electron chi connectivity index (χ1n) is 7.04. The van der Waals surface area contributed by atoms with Gasteiger partial charge in [-0.2, -0.15) is 0 Å². The summed E-state index contributed by atoms with van der Waals surface area (Å²) >= 11 is 1.28. The Kier molecular flexibility index (Phi) is 3.45. The van der Waals surface area contributed by atoms with Gasteiger partial charge >= 0.3 is 0 Å². The van der Waals surface area contributed by atoms with E-state index in [0.717, 1.165) is 30.1 Å². The van der Waals surface area contributed by atoms with Crippen LogP contribution in [0.15, 0.2) is 0 Å².